The van der Waals surface area contributed by atoms with Crippen LogP contribution in [-0.2, 0) is 23.9 Å². The summed E-state index contributed by atoms with van der Waals surface area (Å²) in [5, 5.41) is 0. The van der Waals surface area contributed by atoms with Crippen molar-refractivity contribution in [3.05, 3.63) is 35.5 Å². The second kappa shape index (κ2) is 7.93. The lowest BCUT2D eigenvalue weighted by Gasteiger charge is -2.66. The fourth-order valence-electron chi connectivity index (χ4n) is 8.65. The highest BCUT2D eigenvalue weighted by atomic mass is 16.5. The third-order valence-corrected chi connectivity index (χ3v) is 10.3. The summed E-state index contributed by atoms with van der Waals surface area (Å²) in [6.07, 6.45) is 11.2. The second-order valence-corrected chi connectivity index (χ2v) is 12.3. The van der Waals surface area contributed by atoms with E-state index in [1.54, 1.807) is 12.2 Å². The van der Waals surface area contributed by atoms with Crippen molar-refractivity contribution in [2.75, 3.05) is 7.11 Å². The molecule has 7 atom stereocenters. The van der Waals surface area contributed by atoms with Gasteiger partial charge >= 0.3 is 11.9 Å². The molecule has 0 bridgehead atoms. The van der Waals surface area contributed by atoms with E-state index in [1.807, 2.05) is 20.8 Å². The summed E-state index contributed by atoms with van der Waals surface area (Å²) < 4.78 is 11.0. The maximum atomic E-state index is 12.9. The first kappa shape index (κ1) is 24.9. The number of fused-ring (bicyclic) bond motifs is 5. The summed E-state index contributed by atoms with van der Waals surface area (Å²) in [6, 6.07) is 0. The van der Waals surface area contributed by atoms with Gasteiger partial charge in [-0.1, -0.05) is 57.9 Å². The van der Waals surface area contributed by atoms with Crippen LogP contribution in [0.3, 0.4) is 0 Å². The zero-order valence-corrected chi connectivity index (χ0v) is 22.0. The Hall–Kier alpha value is -2.17. The van der Waals surface area contributed by atoms with Crippen molar-refractivity contribution in [3.8, 4) is 0 Å². The zero-order chi connectivity index (χ0) is 25.3. The van der Waals surface area contributed by atoms with E-state index in [9.17, 15) is 14.4 Å². The SMILES string of the molecule is COC(=O)/C=C(\C)[C@@H]1CC=C2[C@]3(C)[C@H](OC(C)=O)CC4C(C)(C)C(=O)C=C[C@]4(C)[C@H]3CC[C@]21C. The van der Waals surface area contributed by atoms with E-state index in [4.69, 9.17) is 9.47 Å². The number of carbonyl (C=O) groups excluding carboxylic acids is 3. The van der Waals surface area contributed by atoms with Crippen LogP contribution in [0, 0.1) is 39.4 Å². The van der Waals surface area contributed by atoms with Gasteiger partial charge in [0.1, 0.15) is 6.10 Å². The van der Waals surface area contributed by atoms with Gasteiger partial charge in [0.25, 0.3) is 0 Å². The Balaban J connectivity index is 1.83. The Morgan fingerprint density at radius 3 is 2.38 bits per heavy atom. The quantitative estimate of drug-likeness (QED) is 0.306. The molecule has 5 heteroatoms. The number of rotatable bonds is 3. The van der Waals surface area contributed by atoms with Gasteiger partial charge < -0.3 is 9.47 Å². The van der Waals surface area contributed by atoms with Gasteiger partial charge in [-0.15, -0.1) is 0 Å². The summed E-state index contributed by atoms with van der Waals surface area (Å²) >= 11 is 0. The molecule has 4 aliphatic carbocycles. The molecular weight excluding hydrogens is 428 g/mol. The minimum absolute atomic E-state index is 0.100. The van der Waals surface area contributed by atoms with E-state index in [1.165, 1.54) is 19.6 Å². The van der Waals surface area contributed by atoms with E-state index in [0.717, 1.165) is 24.8 Å². The number of allylic oxidation sites excluding steroid dienone is 4. The van der Waals surface area contributed by atoms with Crippen molar-refractivity contribution in [2.24, 2.45) is 39.4 Å². The van der Waals surface area contributed by atoms with Gasteiger partial charge in [0.05, 0.1) is 7.11 Å². The first-order valence-corrected chi connectivity index (χ1v) is 12.6. The van der Waals surface area contributed by atoms with Crippen molar-refractivity contribution < 1.29 is 23.9 Å². The molecule has 0 amide bonds. The molecule has 186 valence electrons. The number of ketones is 1. The van der Waals surface area contributed by atoms with Crippen LogP contribution >= 0.6 is 0 Å². The molecule has 4 aliphatic rings. The second-order valence-electron chi connectivity index (χ2n) is 12.3. The largest absolute Gasteiger partial charge is 0.466 e. The number of ether oxygens (including phenoxy) is 2. The minimum Gasteiger partial charge on any atom is -0.466 e. The topological polar surface area (TPSA) is 69.7 Å². The fourth-order valence-corrected chi connectivity index (χ4v) is 8.65. The monoisotopic (exact) mass is 468 g/mol. The van der Waals surface area contributed by atoms with Gasteiger partial charge in [-0.3, -0.25) is 9.59 Å². The highest BCUT2D eigenvalue weighted by molar-refractivity contribution is 5.95. The molecule has 0 aromatic carbocycles. The summed E-state index contributed by atoms with van der Waals surface area (Å²) in [4.78, 5) is 37.2. The Morgan fingerprint density at radius 1 is 1.09 bits per heavy atom. The average Bonchev–Trinajstić information content (AvgIpc) is 3.11. The van der Waals surface area contributed by atoms with Crippen LogP contribution in [-0.4, -0.2) is 30.9 Å². The van der Waals surface area contributed by atoms with Crippen LogP contribution in [0.2, 0.25) is 0 Å². The van der Waals surface area contributed by atoms with Gasteiger partial charge in [-0.25, -0.2) is 4.79 Å². The zero-order valence-electron chi connectivity index (χ0n) is 22.0. The van der Waals surface area contributed by atoms with E-state index < -0.39 is 5.41 Å². The summed E-state index contributed by atoms with van der Waals surface area (Å²) in [5.74, 6) is 0.123. The first-order chi connectivity index (χ1) is 15.7. The average molecular weight is 469 g/mol. The molecule has 0 heterocycles. The highest BCUT2D eigenvalue weighted by Crippen LogP contribution is 2.72. The van der Waals surface area contributed by atoms with E-state index >= 15 is 0 Å². The van der Waals surface area contributed by atoms with Crippen LogP contribution in [0.5, 0.6) is 0 Å². The van der Waals surface area contributed by atoms with Gasteiger partial charge in [-0.2, -0.15) is 0 Å². The lowest BCUT2D eigenvalue weighted by atomic mass is 9.38. The standard InChI is InChI=1S/C29H40O5/c1-17(15-25(32)33-8)19-9-10-20-27(19,5)13-11-21-28(6)14-12-23(31)26(3,4)22(28)16-24(29(20,21)7)34-18(2)30/h10,12,14-15,19,21-22,24H,9,11,13,16H2,1-8H3/b17-15+/t19-,21+,22?,24+,27-,28+,29-/m0/s1. The lowest BCUT2D eigenvalue weighted by molar-refractivity contribution is -0.187. The molecule has 0 aromatic heterocycles. The first-order valence-electron chi connectivity index (χ1n) is 12.6. The number of methoxy groups -OCH3 is 1. The third-order valence-electron chi connectivity index (χ3n) is 10.3. The number of esters is 2. The van der Waals surface area contributed by atoms with Gasteiger partial charge in [-0.05, 0) is 67.3 Å². The molecule has 0 aromatic rings. The molecule has 2 fully saturated rings. The van der Waals surface area contributed by atoms with Crippen molar-refractivity contribution in [1.29, 1.82) is 0 Å². The van der Waals surface area contributed by atoms with E-state index in [-0.39, 0.29) is 57.8 Å². The van der Waals surface area contributed by atoms with Crippen molar-refractivity contribution in [1.82, 2.24) is 0 Å². The van der Waals surface area contributed by atoms with Crippen LogP contribution in [0.4, 0.5) is 0 Å². The molecule has 0 radical (unpaired) electrons. The van der Waals surface area contributed by atoms with Crippen molar-refractivity contribution >= 4 is 17.7 Å². The normalized spacial score (nSPS) is 42.8. The van der Waals surface area contributed by atoms with Crippen LogP contribution < -0.4 is 0 Å². The predicted octanol–water partition coefficient (Wildman–Crippen LogP) is 5.60. The predicted molar refractivity (Wildman–Crippen MR) is 131 cm³/mol. The molecule has 4 rings (SSSR count). The highest BCUT2D eigenvalue weighted by Gasteiger charge is 2.68. The molecular formula is C29H40O5. The van der Waals surface area contributed by atoms with Gasteiger partial charge in [0.15, 0.2) is 5.78 Å². The molecule has 2 saturated carbocycles. The van der Waals surface area contributed by atoms with Crippen LogP contribution in [0.15, 0.2) is 35.5 Å². The molecule has 34 heavy (non-hydrogen) atoms. The summed E-state index contributed by atoms with van der Waals surface area (Å²) in [5.41, 5.74) is 1.26. The maximum Gasteiger partial charge on any atom is 0.330 e. The summed E-state index contributed by atoms with van der Waals surface area (Å²) in [7, 11) is 1.41. The number of carbonyl (C=O) groups is 3. The van der Waals surface area contributed by atoms with E-state index in [0.29, 0.717) is 6.42 Å². The molecule has 1 unspecified atom stereocenters. The lowest BCUT2D eigenvalue weighted by Crippen LogP contribution is -2.64. The Kier molecular flexibility index (Phi) is 5.81. The maximum absolute atomic E-state index is 12.9. The smallest absolute Gasteiger partial charge is 0.330 e. The molecule has 0 N–H and O–H groups in total. The number of hydrogen-bond donors (Lipinski definition) is 0. The number of hydrogen-bond acceptors (Lipinski definition) is 5. The van der Waals surface area contributed by atoms with Crippen LogP contribution in [0.25, 0.3) is 0 Å². The van der Waals surface area contributed by atoms with Crippen molar-refractivity contribution in [2.45, 2.75) is 80.3 Å². The fraction of sp³-hybridized carbons (Fsp3) is 0.690. The third kappa shape index (κ3) is 3.29. The Morgan fingerprint density at radius 2 is 1.76 bits per heavy atom. The summed E-state index contributed by atoms with van der Waals surface area (Å²) in [6.45, 7) is 14.5. The van der Waals surface area contributed by atoms with E-state index in [2.05, 4.69) is 32.9 Å². The van der Waals surface area contributed by atoms with Crippen LogP contribution in [0.1, 0.15) is 74.1 Å². The van der Waals surface area contributed by atoms with Gasteiger partial charge in [0, 0.05) is 23.8 Å². The molecule has 0 saturated heterocycles. The van der Waals surface area contributed by atoms with Crippen molar-refractivity contribution in [3.63, 3.8) is 0 Å². The molecule has 0 spiro atoms. The Bertz CT molecular complexity index is 1020. The molecule has 0 aliphatic heterocycles. The Labute approximate surface area is 204 Å². The van der Waals surface area contributed by atoms with Gasteiger partial charge in [0.2, 0.25) is 0 Å². The minimum atomic E-state index is -0.504. The molecule has 5 nitrogen and oxygen atoms in total.